The van der Waals surface area contributed by atoms with E-state index in [-0.39, 0.29) is 0 Å². The van der Waals surface area contributed by atoms with Gasteiger partial charge in [0.05, 0.1) is 16.9 Å². The molecule has 0 aliphatic heterocycles. The van der Waals surface area contributed by atoms with E-state index in [1.54, 1.807) is 0 Å². The molecule has 0 bridgehead atoms. The van der Waals surface area contributed by atoms with Gasteiger partial charge in [0, 0.05) is 34.8 Å². The third-order valence-corrected chi connectivity index (χ3v) is 6.91. The minimum atomic E-state index is -5.08. The molecule has 0 atom stereocenters. The molecule has 0 saturated carbocycles. The highest BCUT2D eigenvalue weighted by molar-refractivity contribution is 5.98. The highest BCUT2D eigenvalue weighted by Crippen LogP contribution is 2.36. The number of hydrogen-bond acceptors (Lipinski definition) is 5. The summed E-state index contributed by atoms with van der Waals surface area (Å²) < 4.78 is 37.7. The Bertz CT molecular complexity index is 1880. The van der Waals surface area contributed by atoms with Gasteiger partial charge in [0.2, 0.25) is 0 Å². The van der Waals surface area contributed by atoms with E-state index >= 15 is 0 Å². The van der Waals surface area contributed by atoms with Gasteiger partial charge in [-0.05, 0) is 53.1 Å². The summed E-state index contributed by atoms with van der Waals surface area (Å²) in [5, 5.41) is 8.13. The fourth-order valence-electron chi connectivity index (χ4n) is 4.63. The van der Waals surface area contributed by atoms with Gasteiger partial charge in [-0.3, -0.25) is 4.98 Å². The first-order valence-corrected chi connectivity index (χ1v) is 13.9. The Kier molecular flexibility index (Phi) is 9.50. The molecule has 3 N–H and O–H groups in total. The Morgan fingerprint density at radius 1 is 0.733 bits per heavy atom. The smallest absolute Gasteiger partial charge is 0.489 e. The van der Waals surface area contributed by atoms with Crippen LogP contribution < -0.4 is 10.5 Å². The second-order valence-corrected chi connectivity index (χ2v) is 9.98. The minimum absolute atomic E-state index is 0.516. The molecule has 6 rings (SSSR count). The van der Waals surface area contributed by atoms with Crippen LogP contribution in [-0.2, 0) is 17.9 Å². The lowest BCUT2D eigenvalue weighted by molar-refractivity contribution is -0.192. The van der Waals surface area contributed by atoms with E-state index in [0.717, 1.165) is 61.4 Å². The number of nitrogens with zero attached hydrogens (tertiary/aromatic N) is 2. The van der Waals surface area contributed by atoms with Gasteiger partial charge in [-0.25, -0.2) is 9.78 Å². The predicted octanol–water partition coefficient (Wildman–Crippen LogP) is 8.30. The van der Waals surface area contributed by atoms with Crippen molar-refractivity contribution in [3.63, 3.8) is 0 Å². The molecule has 2 heterocycles. The molecule has 0 spiro atoms. The standard InChI is InChI=1S/C34H27N3O.C2HF3O2/c35-22-24-11-13-28(14-12-24)34-30(26-9-5-2-6-10-26)21-31-32(37-34)19-20-36-33(31)27-15-17-29(18-16-27)38-23-25-7-3-1-4-8-25;3-2(4,5)1(6)7/h1-21H,22-23,35H2;(H,6,7). The molecular formula is C36H28F3N3O3. The van der Waals surface area contributed by atoms with Gasteiger partial charge < -0.3 is 15.6 Å². The number of carboxylic acid groups (broad SMARTS) is 1. The molecule has 45 heavy (non-hydrogen) atoms. The van der Waals surface area contributed by atoms with Crippen molar-refractivity contribution in [2.75, 3.05) is 0 Å². The number of rotatable bonds is 7. The van der Waals surface area contributed by atoms with Crippen molar-refractivity contribution in [3.8, 4) is 39.4 Å². The summed E-state index contributed by atoms with van der Waals surface area (Å²) in [6, 6.07) is 41.2. The second-order valence-electron chi connectivity index (χ2n) is 9.98. The summed E-state index contributed by atoms with van der Waals surface area (Å²) in [6.07, 6.45) is -3.26. The zero-order valence-electron chi connectivity index (χ0n) is 23.9. The molecule has 2 aromatic heterocycles. The van der Waals surface area contributed by atoms with Crippen molar-refractivity contribution in [1.29, 1.82) is 0 Å². The fraction of sp³-hybridized carbons (Fsp3) is 0.0833. The predicted molar refractivity (Wildman–Crippen MR) is 168 cm³/mol. The number of carboxylic acids is 1. The van der Waals surface area contributed by atoms with Crippen LogP contribution in [0.25, 0.3) is 44.5 Å². The van der Waals surface area contributed by atoms with Gasteiger partial charge in [-0.15, -0.1) is 0 Å². The van der Waals surface area contributed by atoms with Crippen LogP contribution in [0, 0.1) is 0 Å². The van der Waals surface area contributed by atoms with Gasteiger partial charge in [0.15, 0.2) is 0 Å². The lowest BCUT2D eigenvalue weighted by Gasteiger charge is -2.14. The summed E-state index contributed by atoms with van der Waals surface area (Å²) in [7, 11) is 0. The number of fused-ring (bicyclic) bond motifs is 1. The molecule has 0 unspecified atom stereocenters. The second kappa shape index (κ2) is 13.8. The lowest BCUT2D eigenvalue weighted by Crippen LogP contribution is -2.21. The molecule has 0 fully saturated rings. The van der Waals surface area contributed by atoms with E-state index in [1.165, 1.54) is 0 Å². The number of alkyl halides is 3. The van der Waals surface area contributed by atoms with Crippen molar-refractivity contribution in [3.05, 3.63) is 139 Å². The molecule has 0 aliphatic carbocycles. The van der Waals surface area contributed by atoms with Crippen LogP contribution in [0.15, 0.2) is 128 Å². The van der Waals surface area contributed by atoms with E-state index in [0.29, 0.717) is 13.2 Å². The molecule has 226 valence electrons. The number of pyridine rings is 2. The number of aliphatic carboxylic acids is 1. The first-order valence-electron chi connectivity index (χ1n) is 13.9. The number of benzene rings is 4. The van der Waals surface area contributed by atoms with Gasteiger partial charge in [0.25, 0.3) is 0 Å². The first-order chi connectivity index (χ1) is 21.7. The normalized spacial score (nSPS) is 11.0. The van der Waals surface area contributed by atoms with Crippen molar-refractivity contribution >= 4 is 16.9 Å². The van der Waals surface area contributed by atoms with E-state index < -0.39 is 12.1 Å². The Labute approximate surface area is 257 Å². The lowest BCUT2D eigenvalue weighted by atomic mass is 9.95. The average molecular weight is 608 g/mol. The number of ether oxygens (including phenoxy) is 1. The van der Waals surface area contributed by atoms with Crippen LogP contribution in [0.4, 0.5) is 13.2 Å². The molecular weight excluding hydrogens is 579 g/mol. The summed E-state index contributed by atoms with van der Waals surface area (Å²) in [4.78, 5) is 18.8. The number of aromatic nitrogens is 2. The molecule has 0 amide bonds. The number of carbonyl (C=O) groups is 1. The van der Waals surface area contributed by atoms with Gasteiger partial charge in [-0.2, -0.15) is 13.2 Å². The minimum Gasteiger partial charge on any atom is -0.489 e. The summed E-state index contributed by atoms with van der Waals surface area (Å²) in [6.45, 7) is 1.05. The monoisotopic (exact) mass is 607 g/mol. The van der Waals surface area contributed by atoms with Gasteiger partial charge in [0.1, 0.15) is 12.4 Å². The average Bonchev–Trinajstić information content (AvgIpc) is 3.07. The van der Waals surface area contributed by atoms with Crippen LogP contribution in [0.5, 0.6) is 5.75 Å². The van der Waals surface area contributed by atoms with E-state index in [1.807, 2.05) is 48.7 Å². The molecule has 0 radical (unpaired) electrons. The van der Waals surface area contributed by atoms with E-state index in [4.69, 9.17) is 30.3 Å². The van der Waals surface area contributed by atoms with Crippen LogP contribution >= 0.6 is 0 Å². The number of hydrogen-bond donors (Lipinski definition) is 2. The Hall–Kier alpha value is -5.54. The van der Waals surface area contributed by atoms with Gasteiger partial charge >= 0.3 is 12.1 Å². The zero-order chi connectivity index (χ0) is 31.8. The quantitative estimate of drug-likeness (QED) is 0.189. The zero-order valence-corrected chi connectivity index (χ0v) is 23.9. The maximum absolute atomic E-state index is 10.6. The van der Waals surface area contributed by atoms with Crippen molar-refractivity contribution in [2.24, 2.45) is 5.73 Å². The SMILES string of the molecule is NCc1ccc(-c2nc3ccnc(-c4ccc(OCc5ccccc5)cc4)c3cc2-c2ccccc2)cc1.O=C(O)C(F)(F)F. The Morgan fingerprint density at radius 3 is 1.91 bits per heavy atom. The molecule has 6 aromatic rings. The molecule has 9 heteroatoms. The molecule has 6 nitrogen and oxygen atoms in total. The van der Waals surface area contributed by atoms with E-state index in [2.05, 4.69) is 78.9 Å². The molecule has 0 saturated heterocycles. The fourth-order valence-corrected chi connectivity index (χ4v) is 4.63. The summed E-state index contributed by atoms with van der Waals surface area (Å²) in [5.41, 5.74) is 15.0. The third-order valence-electron chi connectivity index (χ3n) is 6.91. The first kappa shape index (κ1) is 30.9. The third kappa shape index (κ3) is 7.70. The van der Waals surface area contributed by atoms with Crippen LogP contribution in [0.1, 0.15) is 11.1 Å². The largest absolute Gasteiger partial charge is 0.490 e. The summed E-state index contributed by atoms with van der Waals surface area (Å²) >= 11 is 0. The van der Waals surface area contributed by atoms with Crippen molar-refractivity contribution in [1.82, 2.24) is 9.97 Å². The molecule has 0 aliphatic rings. The van der Waals surface area contributed by atoms with E-state index in [9.17, 15) is 13.2 Å². The highest BCUT2D eigenvalue weighted by atomic mass is 19.4. The van der Waals surface area contributed by atoms with Crippen LogP contribution in [0.3, 0.4) is 0 Å². The maximum atomic E-state index is 10.6. The number of nitrogens with two attached hydrogens (primary N) is 1. The Morgan fingerprint density at radius 2 is 1.31 bits per heavy atom. The highest BCUT2D eigenvalue weighted by Gasteiger charge is 2.38. The molecule has 4 aromatic carbocycles. The summed E-state index contributed by atoms with van der Waals surface area (Å²) in [5.74, 6) is -1.93. The van der Waals surface area contributed by atoms with Crippen molar-refractivity contribution in [2.45, 2.75) is 19.3 Å². The maximum Gasteiger partial charge on any atom is 0.490 e. The topological polar surface area (TPSA) is 98.3 Å². The Balaban J connectivity index is 0.000000515. The van der Waals surface area contributed by atoms with Crippen molar-refractivity contribution < 1.29 is 27.8 Å². The van der Waals surface area contributed by atoms with Crippen LogP contribution in [-0.4, -0.2) is 27.2 Å². The number of halogens is 3. The van der Waals surface area contributed by atoms with Crippen LogP contribution in [0.2, 0.25) is 0 Å². The van der Waals surface area contributed by atoms with Gasteiger partial charge in [-0.1, -0.05) is 84.9 Å².